The molecule has 0 saturated carbocycles. The van der Waals surface area contributed by atoms with E-state index in [0.29, 0.717) is 18.4 Å². The predicted molar refractivity (Wildman–Crippen MR) is 81.4 cm³/mol. The average molecular weight is 261 g/mol. The second-order valence-electron chi connectivity index (χ2n) is 6.06. The molecule has 0 bridgehead atoms. The van der Waals surface area contributed by atoms with Crippen LogP contribution < -0.4 is 11.5 Å². The van der Waals surface area contributed by atoms with E-state index in [-0.39, 0.29) is 6.04 Å². The second kappa shape index (κ2) is 6.51. The lowest BCUT2D eigenvalue weighted by Gasteiger charge is -2.36. The second-order valence-corrected chi connectivity index (χ2v) is 6.06. The van der Waals surface area contributed by atoms with Crippen LogP contribution in [0.1, 0.15) is 43.2 Å². The molecule has 3 heteroatoms. The first kappa shape index (κ1) is 14.5. The monoisotopic (exact) mass is 261 g/mol. The molecular weight excluding hydrogens is 234 g/mol. The normalized spacial score (nSPS) is 24.9. The van der Waals surface area contributed by atoms with Crippen molar-refractivity contribution in [2.45, 2.75) is 38.1 Å². The minimum atomic E-state index is 0.273. The maximum Gasteiger partial charge on any atom is 0.0174 e. The molecule has 4 N–H and O–H groups in total. The third-order valence-electron chi connectivity index (χ3n) is 4.08. The number of likely N-dealkylation sites (tertiary alicyclic amines) is 1. The lowest BCUT2D eigenvalue weighted by Crippen LogP contribution is -2.47. The molecule has 1 aliphatic heterocycles. The van der Waals surface area contributed by atoms with Crippen molar-refractivity contribution < 1.29 is 0 Å². The molecule has 106 valence electrons. The van der Waals surface area contributed by atoms with Crippen molar-refractivity contribution in [1.29, 1.82) is 0 Å². The first-order valence-electron chi connectivity index (χ1n) is 7.38. The first-order chi connectivity index (χ1) is 9.10. The van der Waals surface area contributed by atoms with Gasteiger partial charge in [0.1, 0.15) is 0 Å². The van der Waals surface area contributed by atoms with E-state index < -0.39 is 0 Å². The molecule has 3 nitrogen and oxygen atoms in total. The smallest absolute Gasteiger partial charge is 0.0174 e. The number of hydrogen-bond acceptors (Lipinski definition) is 3. The van der Waals surface area contributed by atoms with Gasteiger partial charge < -0.3 is 11.5 Å². The summed E-state index contributed by atoms with van der Waals surface area (Å²) in [5, 5.41) is 0. The number of nitrogens with zero attached hydrogens (tertiary/aromatic N) is 1. The Bertz CT molecular complexity index is 385. The number of piperidine rings is 1. The van der Waals surface area contributed by atoms with E-state index in [1.54, 1.807) is 0 Å². The van der Waals surface area contributed by atoms with E-state index in [1.165, 1.54) is 11.1 Å². The molecule has 1 saturated heterocycles. The fourth-order valence-electron chi connectivity index (χ4n) is 2.99. The highest BCUT2D eigenvalue weighted by atomic mass is 15.2. The molecule has 0 amide bonds. The van der Waals surface area contributed by atoms with Gasteiger partial charge in [-0.05, 0) is 29.4 Å². The van der Waals surface area contributed by atoms with E-state index in [4.69, 9.17) is 11.5 Å². The Morgan fingerprint density at radius 3 is 2.47 bits per heavy atom. The zero-order valence-corrected chi connectivity index (χ0v) is 12.2. The van der Waals surface area contributed by atoms with Crippen LogP contribution >= 0.6 is 0 Å². The van der Waals surface area contributed by atoms with Gasteiger partial charge in [0, 0.05) is 32.2 Å². The minimum absolute atomic E-state index is 0.273. The Balaban J connectivity index is 2.07. The summed E-state index contributed by atoms with van der Waals surface area (Å²) in [4.78, 5) is 2.40. The number of hydrogen-bond donors (Lipinski definition) is 2. The van der Waals surface area contributed by atoms with E-state index in [9.17, 15) is 0 Å². The van der Waals surface area contributed by atoms with Gasteiger partial charge in [-0.25, -0.2) is 0 Å². The zero-order valence-electron chi connectivity index (χ0n) is 12.2. The number of nitrogens with two attached hydrogens (primary N) is 2. The summed E-state index contributed by atoms with van der Waals surface area (Å²) in [5.41, 5.74) is 14.7. The molecule has 2 unspecified atom stereocenters. The van der Waals surface area contributed by atoms with Crippen LogP contribution in [0.2, 0.25) is 0 Å². The van der Waals surface area contributed by atoms with Gasteiger partial charge >= 0.3 is 0 Å². The van der Waals surface area contributed by atoms with Crippen LogP contribution in [0.25, 0.3) is 0 Å². The summed E-state index contributed by atoms with van der Waals surface area (Å²) < 4.78 is 0. The Labute approximate surface area is 117 Å². The minimum Gasteiger partial charge on any atom is -0.329 e. The molecule has 1 aromatic carbocycles. The number of rotatable bonds is 4. The van der Waals surface area contributed by atoms with Crippen LogP contribution in [0.4, 0.5) is 0 Å². The van der Waals surface area contributed by atoms with Gasteiger partial charge in [0.25, 0.3) is 0 Å². The Morgan fingerprint density at radius 2 is 1.89 bits per heavy atom. The molecule has 19 heavy (non-hydrogen) atoms. The highest BCUT2D eigenvalue weighted by Crippen LogP contribution is 2.27. The van der Waals surface area contributed by atoms with Crippen LogP contribution in [-0.2, 0) is 0 Å². The highest BCUT2D eigenvalue weighted by Gasteiger charge is 2.25. The Hall–Kier alpha value is -0.900. The van der Waals surface area contributed by atoms with Crippen LogP contribution in [0, 0.1) is 0 Å². The molecule has 1 heterocycles. The molecule has 0 aromatic heterocycles. The first-order valence-corrected chi connectivity index (χ1v) is 7.38. The summed E-state index contributed by atoms with van der Waals surface area (Å²) in [6.45, 7) is 8.20. The fraction of sp³-hybridized carbons (Fsp3) is 0.625. The summed E-state index contributed by atoms with van der Waals surface area (Å²) in [5.74, 6) is 1.15. The van der Waals surface area contributed by atoms with Gasteiger partial charge in [-0.1, -0.05) is 38.1 Å². The fourth-order valence-corrected chi connectivity index (χ4v) is 2.99. The standard InChI is InChI=1S/C16H27N3/c1-12(2)13-3-5-14(6-4-13)15-9-16(18)11-19(10-15)8-7-17/h3-6,12,15-16H,7-11,17-18H2,1-2H3. The van der Waals surface area contributed by atoms with Gasteiger partial charge in [-0.15, -0.1) is 0 Å². The van der Waals surface area contributed by atoms with Crippen molar-refractivity contribution in [3.05, 3.63) is 35.4 Å². The summed E-state index contributed by atoms with van der Waals surface area (Å²) in [6, 6.07) is 9.34. The Morgan fingerprint density at radius 1 is 1.21 bits per heavy atom. The molecule has 0 spiro atoms. The lowest BCUT2D eigenvalue weighted by atomic mass is 9.87. The molecule has 0 aliphatic carbocycles. The Kier molecular flexibility index (Phi) is 4.97. The van der Waals surface area contributed by atoms with Crippen LogP contribution in [0.15, 0.2) is 24.3 Å². The van der Waals surface area contributed by atoms with Crippen molar-refractivity contribution in [2.75, 3.05) is 26.2 Å². The van der Waals surface area contributed by atoms with Gasteiger partial charge in [0.15, 0.2) is 0 Å². The summed E-state index contributed by atoms with van der Waals surface area (Å²) in [6.07, 6.45) is 1.09. The van der Waals surface area contributed by atoms with Crippen molar-refractivity contribution >= 4 is 0 Å². The number of benzene rings is 1. The highest BCUT2D eigenvalue weighted by molar-refractivity contribution is 5.28. The largest absolute Gasteiger partial charge is 0.329 e. The summed E-state index contributed by atoms with van der Waals surface area (Å²) in [7, 11) is 0. The van der Waals surface area contributed by atoms with E-state index >= 15 is 0 Å². The van der Waals surface area contributed by atoms with Crippen LogP contribution in [-0.4, -0.2) is 37.1 Å². The average Bonchev–Trinajstić information content (AvgIpc) is 2.38. The summed E-state index contributed by atoms with van der Waals surface area (Å²) >= 11 is 0. The van der Waals surface area contributed by atoms with Crippen molar-refractivity contribution in [3.8, 4) is 0 Å². The third-order valence-corrected chi connectivity index (χ3v) is 4.08. The quantitative estimate of drug-likeness (QED) is 0.870. The van der Waals surface area contributed by atoms with Gasteiger partial charge in [0.05, 0.1) is 0 Å². The van der Waals surface area contributed by atoms with Gasteiger partial charge in [0.2, 0.25) is 0 Å². The molecule has 0 radical (unpaired) electrons. The molecule has 1 fully saturated rings. The third kappa shape index (κ3) is 3.78. The van der Waals surface area contributed by atoms with Crippen molar-refractivity contribution in [2.24, 2.45) is 11.5 Å². The van der Waals surface area contributed by atoms with Crippen molar-refractivity contribution in [1.82, 2.24) is 4.90 Å². The topological polar surface area (TPSA) is 55.3 Å². The molecular formula is C16H27N3. The van der Waals surface area contributed by atoms with Crippen molar-refractivity contribution in [3.63, 3.8) is 0 Å². The van der Waals surface area contributed by atoms with E-state index in [0.717, 1.165) is 26.1 Å². The zero-order chi connectivity index (χ0) is 13.8. The van der Waals surface area contributed by atoms with E-state index in [1.807, 2.05) is 0 Å². The van der Waals surface area contributed by atoms with Crippen LogP contribution in [0.5, 0.6) is 0 Å². The SMILES string of the molecule is CC(C)c1ccc(C2CC(N)CN(CCN)C2)cc1. The van der Waals surface area contributed by atoms with E-state index in [2.05, 4.69) is 43.0 Å². The molecule has 1 aromatic rings. The molecule has 1 aliphatic rings. The predicted octanol–water partition coefficient (Wildman–Crippen LogP) is 1.89. The molecule has 2 rings (SSSR count). The van der Waals surface area contributed by atoms with Gasteiger partial charge in [-0.3, -0.25) is 4.90 Å². The van der Waals surface area contributed by atoms with Crippen LogP contribution in [0.3, 0.4) is 0 Å². The molecule has 2 atom stereocenters. The lowest BCUT2D eigenvalue weighted by molar-refractivity contribution is 0.193. The maximum atomic E-state index is 6.18. The maximum absolute atomic E-state index is 6.18. The van der Waals surface area contributed by atoms with Gasteiger partial charge in [-0.2, -0.15) is 0 Å².